The molecule has 1 aromatic heterocycles. The van der Waals surface area contributed by atoms with Gasteiger partial charge in [-0.15, -0.1) is 0 Å². The van der Waals surface area contributed by atoms with Crippen LogP contribution in [0.25, 0.3) is 0 Å². The lowest BCUT2D eigenvalue weighted by Crippen LogP contribution is -2.28. The predicted octanol–water partition coefficient (Wildman–Crippen LogP) is 4.79. The summed E-state index contributed by atoms with van der Waals surface area (Å²) < 4.78 is 0.907. The Balaban J connectivity index is 2.83. The van der Waals surface area contributed by atoms with E-state index >= 15 is 0 Å². The molecular formula is C14H23BrClN3. The first-order valence-electron chi connectivity index (χ1n) is 6.83. The van der Waals surface area contributed by atoms with Gasteiger partial charge in [-0.2, -0.15) is 4.98 Å². The van der Waals surface area contributed by atoms with Crippen molar-refractivity contribution in [3.05, 3.63) is 16.0 Å². The number of rotatable bonds is 7. The number of anilines is 1. The molecule has 0 aromatic carbocycles. The zero-order valence-electron chi connectivity index (χ0n) is 12.2. The molecule has 0 atom stereocenters. The lowest BCUT2D eigenvalue weighted by molar-refractivity contribution is 0.532. The van der Waals surface area contributed by atoms with E-state index in [0.717, 1.165) is 36.2 Å². The molecule has 0 saturated carbocycles. The van der Waals surface area contributed by atoms with Crippen LogP contribution in [0.3, 0.4) is 0 Å². The summed E-state index contributed by atoms with van der Waals surface area (Å²) in [7, 11) is 0. The Bertz CT molecular complexity index is 384. The van der Waals surface area contributed by atoms with Crippen LogP contribution in [-0.2, 0) is 0 Å². The molecular weight excluding hydrogens is 326 g/mol. The lowest BCUT2D eigenvalue weighted by Gasteiger charge is -2.26. The van der Waals surface area contributed by atoms with Gasteiger partial charge in [0.2, 0.25) is 5.28 Å². The van der Waals surface area contributed by atoms with Gasteiger partial charge in [0.1, 0.15) is 5.82 Å². The van der Waals surface area contributed by atoms with Gasteiger partial charge < -0.3 is 4.90 Å². The van der Waals surface area contributed by atoms with Crippen molar-refractivity contribution in [1.82, 2.24) is 9.97 Å². The van der Waals surface area contributed by atoms with E-state index in [9.17, 15) is 0 Å². The van der Waals surface area contributed by atoms with Gasteiger partial charge in [-0.25, -0.2) is 4.98 Å². The average molecular weight is 349 g/mol. The molecule has 1 rings (SSSR count). The Kier molecular flexibility index (Phi) is 7.08. The van der Waals surface area contributed by atoms with Crippen molar-refractivity contribution < 1.29 is 0 Å². The second kappa shape index (κ2) is 8.05. The SMILES string of the molecule is CC(C)CCN(CCC(C)C)c1nc(Cl)ncc1Br. The number of nitrogens with zero attached hydrogens (tertiary/aromatic N) is 3. The standard InChI is InChI=1S/C14H23BrClN3/c1-10(2)5-7-19(8-6-11(3)4)13-12(15)9-17-14(16)18-13/h9-11H,5-8H2,1-4H3. The van der Waals surface area contributed by atoms with Gasteiger partial charge in [-0.05, 0) is 52.2 Å². The molecule has 1 heterocycles. The van der Waals surface area contributed by atoms with E-state index in [0.29, 0.717) is 17.1 Å². The molecule has 0 amide bonds. The van der Waals surface area contributed by atoms with Crippen LogP contribution in [0, 0.1) is 11.8 Å². The number of aromatic nitrogens is 2. The maximum atomic E-state index is 5.92. The minimum absolute atomic E-state index is 0.303. The second-order valence-corrected chi connectivity index (χ2v) is 6.86. The van der Waals surface area contributed by atoms with Crippen LogP contribution < -0.4 is 4.90 Å². The minimum Gasteiger partial charge on any atom is -0.356 e. The van der Waals surface area contributed by atoms with Crippen molar-refractivity contribution >= 4 is 33.3 Å². The normalized spacial score (nSPS) is 11.4. The van der Waals surface area contributed by atoms with Crippen molar-refractivity contribution in [2.45, 2.75) is 40.5 Å². The molecule has 0 unspecified atom stereocenters. The maximum Gasteiger partial charge on any atom is 0.224 e. The summed E-state index contributed by atoms with van der Waals surface area (Å²) in [5.74, 6) is 2.26. The highest BCUT2D eigenvalue weighted by molar-refractivity contribution is 9.10. The third kappa shape index (κ3) is 6.09. The highest BCUT2D eigenvalue weighted by atomic mass is 79.9. The van der Waals surface area contributed by atoms with Gasteiger partial charge >= 0.3 is 0 Å². The van der Waals surface area contributed by atoms with Crippen LogP contribution in [-0.4, -0.2) is 23.1 Å². The number of hydrogen-bond acceptors (Lipinski definition) is 3. The minimum atomic E-state index is 0.303. The fraction of sp³-hybridized carbons (Fsp3) is 0.714. The van der Waals surface area contributed by atoms with Gasteiger partial charge in [0.25, 0.3) is 0 Å². The molecule has 0 aliphatic heterocycles. The molecule has 3 nitrogen and oxygen atoms in total. The first-order chi connectivity index (χ1) is 8.90. The fourth-order valence-electron chi connectivity index (χ4n) is 1.71. The summed E-state index contributed by atoms with van der Waals surface area (Å²) in [6, 6.07) is 0. The van der Waals surface area contributed by atoms with Crippen LogP contribution >= 0.6 is 27.5 Å². The van der Waals surface area contributed by atoms with Crippen LogP contribution in [0.15, 0.2) is 10.7 Å². The van der Waals surface area contributed by atoms with E-state index in [2.05, 4.69) is 58.5 Å². The van der Waals surface area contributed by atoms with Crippen molar-refractivity contribution in [2.24, 2.45) is 11.8 Å². The molecule has 1 aromatic rings. The molecule has 0 bridgehead atoms. The Hall–Kier alpha value is -0.350. The molecule has 0 spiro atoms. The van der Waals surface area contributed by atoms with Crippen LogP contribution in [0.4, 0.5) is 5.82 Å². The van der Waals surface area contributed by atoms with Crippen molar-refractivity contribution in [3.8, 4) is 0 Å². The first kappa shape index (κ1) is 16.7. The van der Waals surface area contributed by atoms with Crippen molar-refractivity contribution in [1.29, 1.82) is 0 Å². The maximum absolute atomic E-state index is 5.92. The summed E-state index contributed by atoms with van der Waals surface area (Å²) in [6.07, 6.45) is 4.01. The largest absolute Gasteiger partial charge is 0.356 e. The third-order valence-corrected chi connectivity index (χ3v) is 3.69. The van der Waals surface area contributed by atoms with Crippen LogP contribution in [0.5, 0.6) is 0 Å². The highest BCUT2D eigenvalue weighted by Gasteiger charge is 2.14. The zero-order chi connectivity index (χ0) is 14.4. The van der Waals surface area contributed by atoms with E-state index in [1.807, 2.05) is 0 Å². The van der Waals surface area contributed by atoms with E-state index in [1.165, 1.54) is 0 Å². The van der Waals surface area contributed by atoms with Crippen LogP contribution in [0.2, 0.25) is 5.28 Å². The van der Waals surface area contributed by atoms with Gasteiger partial charge in [0.15, 0.2) is 0 Å². The first-order valence-corrected chi connectivity index (χ1v) is 8.00. The highest BCUT2D eigenvalue weighted by Crippen LogP contribution is 2.25. The van der Waals surface area contributed by atoms with Gasteiger partial charge in [0, 0.05) is 19.3 Å². The van der Waals surface area contributed by atoms with Gasteiger partial charge in [0.05, 0.1) is 4.47 Å². The predicted molar refractivity (Wildman–Crippen MR) is 85.9 cm³/mol. The fourth-order valence-corrected chi connectivity index (χ4v) is 2.28. The molecule has 0 fully saturated rings. The quantitative estimate of drug-likeness (QED) is 0.663. The monoisotopic (exact) mass is 347 g/mol. The van der Waals surface area contributed by atoms with Gasteiger partial charge in [-0.3, -0.25) is 0 Å². The smallest absolute Gasteiger partial charge is 0.224 e. The number of halogens is 2. The Morgan fingerprint density at radius 2 is 1.68 bits per heavy atom. The Labute approximate surface area is 129 Å². The second-order valence-electron chi connectivity index (χ2n) is 5.66. The molecule has 5 heteroatoms. The Morgan fingerprint density at radius 3 is 2.16 bits per heavy atom. The molecule has 0 saturated heterocycles. The van der Waals surface area contributed by atoms with E-state index in [-0.39, 0.29) is 0 Å². The van der Waals surface area contributed by atoms with E-state index in [1.54, 1.807) is 6.20 Å². The Morgan fingerprint density at radius 1 is 1.16 bits per heavy atom. The summed E-state index contributed by atoms with van der Waals surface area (Å²) in [6.45, 7) is 10.9. The van der Waals surface area contributed by atoms with E-state index < -0.39 is 0 Å². The molecule has 0 radical (unpaired) electrons. The topological polar surface area (TPSA) is 29.0 Å². The average Bonchev–Trinajstić information content (AvgIpc) is 2.32. The molecule has 0 aliphatic carbocycles. The van der Waals surface area contributed by atoms with Crippen LogP contribution in [0.1, 0.15) is 40.5 Å². The van der Waals surface area contributed by atoms with Gasteiger partial charge in [-0.1, -0.05) is 27.7 Å². The van der Waals surface area contributed by atoms with Crippen molar-refractivity contribution in [3.63, 3.8) is 0 Å². The van der Waals surface area contributed by atoms with E-state index in [4.69, 9.17) is 11.6 Å². The van der Waals surface area contributed by atoms with Crippen molar-refractivity contribution in [2.75, 3.05) is 18.0 Å². The summed E-state index contributed by atoms with van der Waals surface area (Å²) >= 11 is 9.44. The molecule has 0 N–H and O–H groups in total. The number of hydrogen-bond donors (Lipinski definition) is 0. The molecule has 19 heavy (non-hydrogen) atoms. The molecule has 0 aliphatic rings. The summed E-state index contributed by atoms with van der Waals surface area (Å²) in [4.78, 5) is 10.7. The lowest BCUT2D eigenvalue weighted by atomic mass is 10.1. The third-order valence-electron chi connectivity index (χ3n) is 2.95. The molecule has 108 valence electrons. The zero-order valence-corrected chi connectivity index (χ0v) is 14.5. The summed E-state index contributed by atoms with van der Waals surface area (Å²) in [5.41, 5.74) is 0. The summed E-state index contributed by atoms with van der Waals surface area (Å²) in [5, 5.41) is 0.303.